The van der Waals surface area contributed by atoms with E-state index in [0.29, 0.717) is 27.5 Å². The highest BCUT2D eigenvalue weighted by Gasteiger charge is 2.12. The molecule has 0 saturated carbocycles. The van der Waals surface area contributed by atoms with Crippen LogP contribution in [-0.2, 0) is 0 Å². The van der Waals surface area contributed by atoms with Crippen molar-refractivity contribution in [1.82, 2.24) is 0 Å². The van der Waals surface area contributed by atoms with Crippen molar-refractivity contribution in [3.05, 3.63) is 95.2 Å². The molecule has 5 nitrogen and oxygen atoms in total. The van der Waals surface area contributed by atoms with Gasteiger partial charge in [-0.15, -0.1) is 0 Å². The molecule has 0 bridgehead atoms. The van der Waals surface area contributed by atoms with E-state index in [1.54, 1.807) is 54.6 Å². The zero-order chi connectivity index (χ0) is 19.5. The Morgan fingerprint density at radius 2 is 1.36 bits per heavy atom. The summed E-state index contributed by atoms with van der Waals surface area (Å²) >= 11 is 5.83. The van der Waals surface area contributed by atoms with Gasteiger partial charge in [0.2, 0.25) is 0 Å². The second-order valence-electron chi connectivity index (χ2n) is 6.14. The third-order valence-electron chi connectivity index (χ3n) is 4.16. The summed E-state index contributed by atoms with van der Waals surface area (Å²) in [6, 6.07) is 22.6. The van der Waals surface area contributed by atoms with Crippen LogP contribution in [0.4, 0.5) is 11.4 Å². The Labute approximate surface area is 165 Å². The fourth-order valence-corrected chi connectivity index (χ4v) is 2.85. The first-order chi connectivity index (χ1) is 13.6. The molecular weight excluding hydrogens is 376 g/mol. The third-order valence-corrected chi connectivity index (χ3v) is 4.41. The minimum Gasteiger partial charge on any atom is -0.451 e. The first-order valence-corrected chi connectivity index (χ1v) is 8.93. The summed E-state index contributed by atoms with van der Waals surface area (Å²) in [6.07, 6.45) is 0. The van der Waals surface area contributed by atoms with Gasteiger partial charge in [-0.2, -0.15) is 0 Å². The summed E-state index contributed by atoms with van der Waals surface area (Å²) in [4.78, 5) is 24.6. The zero-order valence-electron chi connectivity index (χ0n) is 14.6. The van der Waals surface area contributed by atoms with E-state index in [1.807, 2.05) is 24.3 Å². The van der Waals surface area contributed by atoms with E-state index in [1.165, 1.54) is 0 Å². The summed E-state index contributed by atoms with van der Waals surface area (Å²) in [7, 11) is 0. The molecule has 4 aromatic rings. The first kappa shape index (κ1) is 17.8. The van der Waals surface area contributed by atoms with Crippen molar-refractivity contribution in [3.63, 3.8) is 0 Å². The van der Waals surface area contributed by atoms with Gasteiger partial charge in [0, 0.05) is 27.3 Å². The smallest absolute Gasteiger partial charge is 0.291 e. The van der Waals surface area contributed by atoms with E-state index in [4.69, 9.17) is 16.0 Å². The normalized spacial score (nSPS) is 10.6. The van der Waals surface area contributed by atoms with E-state index < -0.39 is 0 Å². The Kier molecular flexibility index (Phi) is 4.83. The highest BCUT2D eigenvalue weighted by atomic mass is 35.5. The number of para-hydroxylation sites is 1. The van der Waals surface area contributed by atoms with Crippen LogP contribution in [0.15, 0.2) is 83.3 Å². The number of carbonyl (C=O) groups excluding carboxylic acids is 2. The molecule has 28 heavy (non-hydrogen) atoms. The lowest BCUT2D eigenvalue weighted by molar-refractivity contribution is 0.0996. The number of carbonyl (C=O) groups is 2. The molecule has 0 unspecified atom stereocenters. The molecule has 0 spiro atoms. The molecule has 6 heteroatoms. The van der Waals surface area contributed by atoms with Gasteiger partial charge < -0.3 is 15.1 Å². The second kappa shape index (κ2) is 7.58. The summed E-state index contributed by atoms with van der Waals surface area (Å²) in [6.45, 7) is 0. The summed E-state index contributed by atoms with van der Waals surface area (Å²) in [5.41, 5.74) is 2.37. The van der Waals surface area contributed by atoms with Gasteiger partial charge in [-0.1, -0.05) is 29.8 Å². The van der Waals surface area contributed by atoms with Crippen molar-refractivity contribution in [1.29, 1.82) is 0 Å². The van der Waals surface area contributed by atoms with Crippen molar-refractivity contribution in [2.24, 2.45) is 0 Å². The van der Waals surface area contributed by atoms with E-state index in [0.717, 1.165) is 5.39 Å². The highest BCUT2D eigenvalue weighted by molar-refractivity contribution is 6.30. The maximum absolute atomic E-state index is 12.4. The molecule has 0 fully saturated rings. The molecular formula is C22H15ClN2O3. The fraction of sp³-hybridized carbons (Fsp3) is 0. The van der Waals surface area contributed by atoms with Gasteiger partial charge in [0.05, 0.1) is 0 Å². The Balaban J connectivity index is 1.42. The van der Waals surface area contributed by atoms with Crippen molar-refractivity contribution >= 4 is 45.8 Å². The predicted molar refractivity (Wildman–Crippen MR) is 110 cm³/mol. The number of furan rings is 1. The number of anilines is 2. The van der Waals surface area contributed by atoms with Gasteiger partial charge in [-0.3, -0.25) is 9.59 Å². The molecule has 1 heterocycles. The minimum absolute atomic E-state index is 0.237. The van der Waals surface area contributed by atoms with Crippen LogP contribution in [-0.4, -0.2) is 11.8 Å². The van der Waals surface area contributed by atoms with Gasteiger partial charge in [0.25, 0.3) is 11.8 Å². The highest BCUT2D eigenvalue weighted by Crippen LogP contribution is 2.21. The van der Waals surface area contributed by atoms with Gasteiger partial charge in [0.15, 0.2) is 5.76 Å². The standard InChI is InChI=1S/C22H15ClN2O3/c23-16-7-5-14(6-8-16)21(26)24-17-9-11-18(12-10-17)25-22(27)20-13-15-3-1-2-4-19(15)28-20/h1-13H,(H,24,26)(H,25,27). The molecule has 0 aliphatic heterocycles. The van der Waals surface area contributed by atoms with Crippen molar-refractivity contribution in [3.8, 4) is 0 Å². The molecule has 2 N–H and O–H groups in total. The third kappa shape index (κ3) is 3.89. The number of amides is 2. The Bertz CT molecular complexity index is 1120. The number of benzene rings is 3. The summed E-state index contributed by atoms with van der Waals surface area (Å²) < 4.78 is 5.56. The van der Waals surface area contributed by atoms with Crippen LogP contribution in [0.2, 0.25) is 5.02 Å². The van der Waals surface area contributed by atoms with Crippen LogP contribution in [0.1, 0.15) is 20.9 Å². The van der Waals surface area contributed by atoms with Gasteiger partial charge in [-0.05, 0) is 60.7 Å². The monoisotopic (exact) mass is 390 g/mol. The fourth-order valence-electron chi connectivity index (χ4n) is 2.73. The average molecular weight is 391 g/mol. The van der Waals surface area contributed by atoms with Crippen molar-refractivity contribution in [2.75, 3.05) is 10.6 Å². The van der Waals surface area contributed by atoms with Crippen molar-refractivity contribution < 1.29 is 14.0 Å². The lowest BCUT2D eigenvalue weighted by Gasteiger charge is -2.07. The molecule has 138 valence electrons. The second-order valence-corrected chi connectivity index (χ2v) is 6.58. The SMILES string of the molecule is O=C(Nc1ccc(NC(=O)c2cc3ccccc3o2)cc1)c1ccc(Cl)cc1. The molecule has 3 aromatic carbocycles. The number of halogens is 1. The number of fused-ring (bicyclic) bond motifs is 1. The topological polar surface area (TPSA) is 71.3 Å². The molecule has 0 atom stereocenters. The van der Waals surface area contributed by atoms with Crippen LogP contribution < -0.4 is 10.6 Å². The van der Waals surface area contributed by atoms with Gasteiger partial charge >= 0.3 is 0 Å². The Morgan fingerprint density at radius 1 is 0.750 bits per heavy atom. The first-order valence-electron chi connectivity index (χ1n) is 8.55. The van der Waals surface area contributed by atoms with Crippen LogP contribution in [0.25, 0.3) is 11.0 Å². The molecule has 1 aromatic heterocycles. The van der Waals surface area contributed by atoms with Crippen LogP contribution >= 0.6 is 11.6 Å². The zero-order valence-corrected chi connectivity index (χ0v) is 15.4. The quantitative estimate of drug-likeness (QED) is 0.477. The maximum atomic E-state index is 12.4. The van der Waals surface area contributed by atoms with Crippen LogP contribution in [0, 0.1) is 0 Å². The predicted octanol–water partition coefficient (Wildman–Crippen LogP) is 5.59. The molecule has 2 amide bonds. The minimum atomic E-state index is -0.339. The van der Waals surface area contributed by atoms with E-state index in [9.17, 15) is 9.59 Å². The Hall–Kier alpha value is -3.57. The Morgan fingerprint density at radius 3 is 2.00 bits per heavy atom. The molecule has 0 aliphatic carbocycles. The number of nitrogens with one attached hydrogen (secondary N) is 2. The summed E-state index contributed by atoms with van der Waals surface area (Å²) in [5.74, 6) is -0.341. The number of rotatable bonds is 4. The van der Waals surface area contributed by atoms with Crippen LogP contribution in [0.3, 0.4) is 0 Å². The number of hydrogen-bond donors (Lipinski definition) is 2. The molecule has 4 rings (SSSR count). The molecule has 0 saturated heterocycles. The van der Waals surface area contributed by atoms with E-state index in [-0.39, 0.29) is 17.6 Å². The van der Waals surface area contributed by atoms with Crippen LogP contribution in [0.5, 0.6) is 0 Å². The maximum Gasteiger partial charge on any atom is 0.291 e. The largest absolute Gasteiger partial charge is 0.451 e. The lowest BCUT2D eigenvalue weighted by atomic mass is 10.2. The van der Waals surface area contributed by atoms with Gasteiger partial charge in [0.1, 0.15) is 5.58 Å². The average Bonchev–Trinajstić information content (AvgIpc) is 3.14. The van der Waals surface area contributed by atoms with Gasteiger partial charge in [-0.25, -0.2) is 0 Å². The molecule has 0 radical (unpaired) electrons. The molecule has 0 aliphatic rings. The number of hydrogen-bond acceptors (Lipinski definition) is 3. The van der Waals surface area contributed by atoms with Crippen molar-refractivity contribution in [2.45, 2.75) is 0 Å². The van der Waals surface area contributed by atoms with E-state index >= 15 is 0 Å². The van der Waals surface area contributed by atoms with E-state index in [2.05, 4.69) is 10.6 Å². The summed E-state index contributed by atoms with van der Waals surface area (Å²) in [5, 5.41) is 7.01. The lowest BCUT2D eigenvalue weighted by Crippen LogP contribution is -2.12.